The lowest BCUT2D eigenvalue weighted by Crippen LogP contribution is -2.09. The van der Waals surface area contributed by atoms with Crippen LogP contribution in [0.4, 0.5) is 4.39 Å². The predicted octanol–water partition coefficient (Wildman–Crippen LogP) is 11.1. The van der Waals surface area contributed by atoms with Crippen LogP contribution in [0, 0.1) is 5.82 Å². The zero-order chi connectivity index (χ0) is 28.2. The summed E-state index contributed by atoms with van der Waals surface area (Å²) in [5, 5.41) is 1.63. The summed E-state index contributed by atoms with van der Waals surface area (Å²) in [6, 6.07) is 35.3. The average molecular weight is 555 g/mol. The fourth-order valence-electron chi connectivity index (χ4n) is 6.03. The van der Waals surface area contributed by atoms with E-state index in [9.17, 15) is 0 Å². The number of fused-ring (bicyclic) bond motifs is 4. The molecule has 2 heterocycles. The average Bonchev–Trinajstić information content (AvgIpc) is 3.56. The van der Waals surface area contributed by atoms with Crippen LogP contribution in [0.25, 0.3) is 59.4 Å². The van der Waals surface area contributed by atoms with Crippen LogP contribution < -0.4 is 0 Å². The highest BCUT2D eigenvalue weighted by Gasteiger charge is 2.25. The number of aromatic nitrogens is 2. The molecule has 0 aliphatic heterocycles. The van der Waals surface area contributed by atoms with Crippen LogP contribution in [0.3, 0.4) is 0 Å². The first-order valence-corrected chi connectivity index (χ1v) is 15.0. The molecule has 2 nitrogen and oxygen atoms in total. The van der Waals surface area contributed by atoms with E-state index < -0.39 is 0 Å². The molecule has 0 N–H and O–H groups in total. The molecule has 41 heavy (non-hydrogen) atoms. The lowest BCUT2D eigenvalue weighted by Gasteiger charge is -2.24. The number of hydrogen-bond donors (Lipinski definition) is 0. The van der Waals surface area contributed by atoms with E-state index in [4.69, 9.17) is 4.98 Å². The highest BCUT2D eigenvalue weighted by molar-refractivity contribution is 7.26. The second kappa shape index (κ2) is 9.97. The molecule has 0 fully saturated rings. The van der Waals surface area contributed by atoms with Crippen LogP contribution in [0.1, 0.15) is 50.7 Å². The van der Waals surface area contributed by atoms with E-state index in [2.05, 4.69) is 99.0 Å². The molecular weight excluding hydrogens is 523 g/mol. The minimum atomic E-state index is -0.180. The van der Waals surface area contributed by atoms with E-state index in [1.807, 2.05) is 24.3 Å². The summed E-state index contributed by atoms with van der Waals surface area (Å²) in [4.78, 5) is 5.26. The van der Waals surface area contributed by atoms with Crippen LogP contribution in [0.2, 0.25) is 0 Å². The fourth-order valence-corrected chi connectivity index (χ4v) is 7.25. The maximum atomic E-state index is 15.0. The van der Waals surface area contributed by atoms with Gasteiger partial charge in [-0.05, 0) is 76.6 Å². The van der Waals surface area contributed by atoms with Gasteiger partial charge in [-0.3, -0.25) is 4.57 Å². The SMILES string of the molecule is CC(C)c1cc(-c2ccccc2)cc(C(C)C)c1-n1c(-c2cccc3c2sc2cccc(F)c23)nc2ccccc21. The maximum Gasteiger partial charge on any atom is 0.147 e. The van der Waals surface area contributed by atoms with Gasteiger partial charge in [-0.25, -0.2) is 9.37 Å². The highest BCUT2D eigenvalue weighted by atomic mass is 32.1. The van der Waals surface area contributed by atoms with Crippen molar-refractivity contribution in [2.45, 2.75) is 39.5 Å². The monoisotopic (exact) mass is 554 g/mol. The topological polar surface area (TPSA) is 17.8 Å². The van der Waals surface area contributed by atoms with Crippen molar-refractivity contribution in [3.63, 3.8) is 0 Å². The molecule has 0 spiro atoms. The molecule has 0 unspecified atom stereocenters. The van der Waals surface area contributed by atoms with Gasteiger partial charge in [0.2, 0.25) is 0 Å². The van der Waals surface area contributed by atoms with Gasteiger partial charge < -0.3 is 0 Å². The van der Waals surface area contributed by atoms with Crippen LogP contribution in [-0.2, 0) is 0 Å². The third kappa shape index (κ3) is 4.17. The van der Waals surface area contributed by atoms with Gasteiger partial charge in [0.15, 0.2) is 0 Å². The summed E-state index contributed by atoms with van der Waals surface area (Å²) in [7, 11) is 0. The number of nitrogens with zero attached hydrogens (tertiary/aromatic N) is 2. The van der Waals surface area contributed by atoms with Gasteiger partial charge >= 0.3 is 0 Å². The first-order valence-electron chi connectivity index (χ1n) is 14.2. The molecule has 0 amide bonds. The summed E-state index contributed by atoms with van der Waals surface area (Å²) in [6.07, 6.45) is 0. The van der Waals surface area contributed by atoms with Crippen molar-refractivity contribution in [1.29, 1.82) is 0 Å². The summed E-state index contributed by atoms with van der Waals surface area (Å²) >= 11 is 1.64. The summed E-state index contributed by atoms with van der Waals surface area (Å²) in [5.74, 6) is 1.28. The van der Waals surface area contributed by atoms with E-state index in [1.165, 1.54) is 27.9 Å². The Morgan fingerprint density at radius 2 is 1.39 bits per heavy atom. The molecule has 0 atom stereocenters. The molecule has 0 radical (unpaired) electrons. The van der Waals surface area contributed by atoms with Gasteiger partial charge in [-0.1, -0.05) is 88.4 Å². The zero-order valence-corrected chi connectivity index (χ0v) is 24.5. The van der Waals surface area contributed by atoms with E-state index in [-0.39, 0.29) is 17.7 Å². The summed E-state index contributed by atoms with van der Waals surface area (Å²) in [6.45, 7) is 9.08. The third-order valence-electron chi connectivity index (χ3n) is 8.02. The molecule has 202 valence electrons. The number of halogens is 1. The molecular formula is C37H31FN2S. The first kappa shape index (κ1) is 25.7. The Morgan fingerprint density at radius 3 is 2.12 bits per heavy atom. The lowest BCUT2D eigenvalue weighted by atomic mass is 9.88. The van der Waals surface area contributed by atoms with Crippen molar-refractivity contribution in [2.24, 2.45) is 0 Å². The second-order valence-corrected chi connectivity index (χ2v) is 12.4. The molecule has 4 heteroatoms. The van der Waals surface area contributed by atoms with E-state index in [0.29, 0.717) is 5.39 Å². The molecule has 0 aliphatic rings. The van der Waals surface area contributed by atoms with Crippen molar-refractivity contribution in [1.82, 2.24) is 9.55 Å². The van der Waals surface area contributed by atoms with Gasteiger partial charge in [0.05, 0.1) is 16.7 Å². The van der Waals surface area contributed by atoms with Crippen molar-refractivity contribution in [3.05, 3.63) is 120 Å². The molecule has 0 aliphatic carbocycles. The molecule has 0 saturated heterocycles. The van der Waals surface area contributed by atoms with Gasteiger partial charge in [0.25, 0.3) is 0 Å². The van der Waals surface area contributed by atoms with Crippen LogP contribution >= 0.6 is 11.3 Å². The Hall–Kier alpha value is -4.28. The summed E-state index contributed by atoms with van der Waals surface area (Å²) in [5.41, 5.74) is 9.26. The Labute approximate surface area is 243 Å². The van der Waals surface area contributed by atoms with Crippen molar-refractivity contribution >= 4 is 42.5 Å². The molecule has 0 bridgehead atoms. The molecule has 5 aromatic carbocycles. The van der Waals surface area contributed by atoms with Gasteiger partial charge in [0.1, 0.15) is 11.6 Å². The number of para-hydroxylation sites is 2. The van der Waals surface area contributed by atoms with E-state index in [0.717, 1.165) is 37.2 Å². The van der Waals surface area contributed by atoms with Crippen LogP contribution in [0.15, 0.2) is 103 Å². The molecule has 7 rings (SSSR count). The highest BCUT2D eigenvalue weighted by Crippen LogP contribution is 2.44. The molecule has 7 aromatic rings. The second-order valence-electron chi connectivity index (χ2n) is 11.3. The van der Waals surface area contributed by atoms with Crippen LogP contribution in [0.5, 0.6) is 0 Å². The van der Waals surface area contributed by atoms with Gasteiger partial charge in [-0.15, -0.1) is 11.3 Å². The normalized spacial score (nSPS) is 12.0. The number of rotatable bonds is 5. The largest absolute Gasteiger partial charge is 0.292 e. The number of thiophene rings is 1. The quantitative estimate of drug-likeness (QED) is 0.207. The Morgan fingerprint density at radius 1 is 0.707 bits per heavy atom. The minimum Gasteiger partial charge on any atom is -0.292 e. The smallest absolute Gasteiger partial charge is 0.147 e. The van der Waals surface area contributed by atoms with Crippen molar-refractivity contribution in [2.75, 3.05) is 0 Å². The zero-order valence-electron chi connectivity index (χ0n) is 23.7. The predicted molar refractivity (Wildman–Crippen MR) is 173 cm³/mol. The van der Waals surface area contributed by atoms with E-state index >= 15 is 4.39 Å². The standard InChI is InChI=1S/C37H31FN2S/c1-22(2)28-20-25(24-12-6-5-7-13-24)21-29(23(3)4)35(28)40-32-18-9-8-17-31(32)39-37(40)27-15-10-14-26-34-30(38)16-11-19-33(34)41-36(26)27/h5-23H,1-4H3. The van der Waals surface area contributed by atoms with Crippen LogP contribution in [-0.4, -0.2) is 9.55 Å². The Balaban J connectivity index is 1.60. The van der Waals surface area contributed by atoms with E-state index in [1.54, 1.807) is 23.5 Å². The van der Waals surface area contributed by atoms with Gasteiger partial charge in [-0.2, -0.15) is 0 Å². The fraction of sp³-hybridized carbons (Fsp3) is 0.162. The summed E-state index contributed by atoms with van der Waals surface area (Å²) < 4.78 is 19.4. The molecule has 0 saturated carbocycles. The number of hydrogen-bond acceptors (Lipinski definition) is 2. The first-order chi connectivity index (χ1) is 19.9. The van der Waals surface area contributed by atoms with Gasteiger partial charge in [0, 0.05) is 25.7 Å². The number of benzene rings is 5. The molecule has 2 aromatic heterocycles. The maximum absolute atomic E-state index is 15.0. The lowest BCUT2D eigenvalue weighted by molar-refractivity contribution is 0.641. The number of imidazole rings is 1. The Bertz CT molecular complexity index is 2040. The third-order valence-corrected chi connectivity index (χ3v) is 9.22. The minimum absolute atomic E-state index is 0.180. The van der Waals surface area contributed by atoms with Crippen molar-refractivity contribution in [3.8, 4) is 28.2 Å². The van der Waals surface area contributed by atoms with Crippen molar-refractivity contribution < 1.29 is 4.39 Å². The Kier molecular flexibility index (Phi) is 6.24.